The van der Waals surface area contributed by atoms with E-state index < -0.39 is 17.8 Å². The predicted octanol–water partition coefficient (Wildman–Crippen LogP) is 3.69. The molecule has 0 saturated carbocycles. The van der Waals surface area contributed by atoms with E-state index in [1.54, 1.807) is 31.2 Å². The lowest BCUT2D eigenvalue weighted by Gasteiger charge is -2.28. The quantitative estimate of drug-likeness (QED) is 0.666. The summed E-state index contributed by atoms with van der Waals surface area (Å²) in [6, 6.07) is 11.1. The highest BCUT2D eigenvalue weighted by atomic mass is 79.9. The fourth-order valence-electron chi connectivity index (χ4n) is 2.71. The fraction of sp³-hybridized carbons (Fsp3) is 0.333. The average molecular weight is 451 g/mol. The molecular weight excluding hydrogens is 427 g/mol. The standard InChI is InChI=1S/C21H24BrFN2O3/c1-4-15-9-10-19(17(22)11-15)28-13-20(26)25(14(2)21(27)24-3)12-16-7-5-6-8-18(16)23/h5-11,14H,4,12-13H2,1-3H3,(H,24,27). The first-order valence-electron chi connectivity index (χ1n) is 9.03. The maximum Gasteiger partial charge on any atom is 0.261 e. The number of rotatable bonds is 8. The molecule has 0 aliphatic rings. The maximum atomic E-state index is 14.1. The molecule has 0 aliphatic heterocycles. The van der Waals surface area contributed by atoms with Gasteiger partial charge in [-0.3, -0.25) is 9.59 Å². The molecule has 2 aromatic carbocycles. The third-order valence-corrected chi connectivity index (χ3v) is 5.09. The molecule has 0 fully saturated rings. The number of benzene rings is 2. The van der Waals surface area contributed by atoms with Crippen molar-refractivity contribution in [3.8, 4) is 5.75 Å². The van der Waals surface area contributed by atoms with Crippen LogP contribution < -0.4 is 10.1 Å². The molecule has 2 amide bonds. The normalized spacial score (nSPS) is 11.6. The number of hydrogen-bond acceptors (Lipinski definition) is 3. The third kappa shape index (κ3) is 5.55. The molecule has 0 aromatic heterocycles. The van der Waals surface area contributed by atoms with Crippen molar-refractivity contribution in [2.24, 2.45) is 0 Å². The molecule has 7 heteroatoms. The van der Waals surface area contributed by atoms with Gasteiger partial charge in [-0.05, 0) is 53.0 Å². The number of hydrogen-bond donors (Lipinski definition) is 1. The van der Waals surface area contributed by atoms with Gasteiger partial charge in [0, 0.05) is 19.2 Å². The molecule has 28 heavy (non-hydrogen) atoms. The SMILES string of the molecule is CCc1ccc(OCC(=O)N(Cc2ccccc2F)C(C)C(=O)NC)c(Br)c1. The van der Waals surface area contributed by atoms with E-state index in [0.717, 1.165) is 16.5 Å². The number of aryl methyl sites for hydroxylation is 1. The van der Waals surface area contributed by atoms with Crippen molar-refractivity contribution in [2.45, 2.75) is 32.9 Å². The summed E-state index contributed by atoms with van der Waals surface area (Å²) in [7, 11) is 1.49. The van der Waals surface area contributed by atoms with Gasteiger partial charge in [0.15, 0.2) is 6.61 Å². The third-order valence-electron chi connectivity index (χ3n) is 4.47. The van der Waals surface area contributed by atoms with Crippen molar-refractivity contribution < 1.29 is 18.7 Å². The minimum atomic E-state index is -0.772. The number of carbonyl (C=O) groups excluding carboxylic acids is 2. The predicted molar refractivity (Wildman–Crippen MR) is 109 cm³/mol. The van der Waals surface area contributed by atoms with Crippen LogP contribution in [0.3, 0.4) is 0 Å². The summed E-state index contributed by atoms with van der Waals surface area (Å²) in [6.07, 6.45) is 0.887. The molecule has 0 heterocycles. The molecule has 1 N–H and O–H groups in total. The molecule has 0 spiro atoms. The summed E-state index contributed by atoms with van der Waals surface area (Å²) < 4.78 is 20.5. The van der Waals surface area contributed by atoms with E-state index in [9.17, 15) is 14.0 Å². The lowest BCUT2D eigenvalue weighted by atomic mass is 10.1. The number of carbonyl (C=O) groups is 2. The smallest absolute Gasteiger partial charge is 0.261 e. The van der Waals surface area contributed by atoms with Crippen LogP contribution in [-0.2, 0) is 22.6 Å². The summed E-state index contributed by atoms with van der Waals surface area (Å²) in [5, 5.41) is 2.52. The first kappa shape index (κ1) is 21.9. The zero-order valence-corrected chi connectivity index (χ0v) is 17.8. The maximum absolute atomic E-state index is 14.1. The number of likely N-dealkylation sites (N-methyl/N-ethyl adjacent to an activating group) is 1. The van der Waals surface area contributed by atoms with Crippen molar-refractivity contribution >= 4 is 27.7 Å². The van der Waals surface area contributed by atoms with Gasteiger partial charge in [-0.25, -0.2) is 4.39 Å². The second-order valence-electron chi connectivity index (χ2n) is 6.31. The van der Waals surface area contributed by atoms with Crippen LogP contribution in [0.15, 0.2) is 46.9 Å². The van der Waals surface area contributed by atoms with Crippen LogP contribution in [0.25, 0.3) is 0 Å². The Morgan fingerprint density at radius 1 is 1.25 bits per heavy atom. The topological polar surface area (TPSA) is 58.6 Å². The largest absolute Gasteiger partial charge is 0.483 e. The van der Waals surface area contributed by atoms with E-state index in [2.05, 4.69) is 21.2 Å². The summed E-state index contributed by atoms with van der Waals surface area (Å²) >= 11 is 3.44. The van der Waals surface area contributed by atoms with Gasteiger partial charge in [0.05, 0.1) is 4.47 Å². The van der Waals surface area contributed by atoms with E-state index in [1.165, 1.54) is 18.0 Å². The summed E-state index contributed by atoms with van der Waals surface area (Å²) in [4.78, 5) is 26.2. The van der Waals surface area contributed by atoms with Crippen molar-refractivity contribution in [1.29, 1.82) is 0 Å². The molecule has 1 unspecified atom stereocenters. The van der Waals surface area contributed by atoms with Crippen molar-refractivity contribution in [3.05, 3.63) is 63.9 Å². The molecule has 2 rings (SSSR count). The van der Waals surface area contributed by atoms with Gasteiger partial charge in [0.2, 0.25) is 5.91 Å². The lowest BCUT2D eigenvalue weighted by Crippen LogP contribution is -2.48. The van der Waals surface area contributed by atoms with Gasteiger partial charge in [-0.2, -0.15) is 0 Å². The van der Waals surface area contributed by atoms with Crippen LogP contribution in [0.2, 0.25) is 0 Å². The molecule has 0 radical (unpaired) electrons. The van der Waals surface area contributed by atoms with Crippen molar-refractivity contribution in [3.63, 3.8) is 0 Å². The highest BCUT2D eigenvalue weighted by Crippen LogP contribution is 2.26. The van der Waals surface area contributed by atoms with E-state index in [-0.39, 0.29) is 19.1 Å². The minimum absolute atomic E-state index is 0.0284. The second kappa shape index (κ2) is 10.2. The summed E-state index contributed by atoms with van der Waals surface area (Å²) in [6.45, 7) is 3.36. The highest BCUT2D eigenvalue weighted by Gasteiger charge is 2.26. The van der Waals surface area contributed by atoms with Crippen LogP contribution >= 0.6 is 15.9 Å². The first-order chi connectivity index (χ1) is 13.4. The molecule has 5 nitrogen and oxygen atoms in total. The number of nitrogens with one attached hydrogen (secondary N) is 1. The Balaban J connectivity index is 2.16. The van der Waals surface area contributed by atoms with Crippen LogP contribution in [0.1, 0.15) is 25.0 Å². The van der Waals surface area contributed by atoms with Gasteiger partial charge in [0.25, 0.3) is 5.91 Å². The van der Waals surface area contributed by atoms with Crippen LogP contribution in [0.4, 0.5) is 4.39 Å². The molecule has 1 atom stereocenters. The Morgan fingerprint density at radius 3 is 2.57 bits per heavy atom. The monoisotopic (exact) mass is 450 g/mol. The Bertz CT molecular complexity index is 844. The molecule has 0 saturated heterocycles. The number of amides is 2. The van der Waals surface area contributed by atoms with Gasteiger partial charge >= 0.3 is 0 Å². The minimum Gasteiger partial charge on any atom is -0.483 e. The molecular formula is C21H24BrFN2O3. The lowest BCUT2D eigenvalue weighted by molar-refractivity contribution is -0.142. The van der Waals surface area contributed by atoms with Gasteiger partial charge < -0.3 is 15.0 Å². The Morgan fingerprint density at radius 2 is 1.96 bits per heavy atom. The second-order valence-corrected chi connectivity index (χ2v) is 7.16. The molecule has 0 bridgehead atoms. The fourth-order valence-corrected chi connectivity index (χ4v) is 3.25. The zero-order chi connectivity index (χ0) is 20.7. The van der Waals surface area contributed by atoms with Crippen LogP contribution in [0, 0.1) is 5.82 Å². The van der Waals surface area contributed by atoms with Gasteiger partial charge in [-0.15, -0.1) is 0 Å². The van der Waals surface area contributed by atoms with E-state index in [4.69, 9.17) is 4.74 Å². The van der Waals surface area contributed by atoms with E-state index >= 15 is 0 Å². The Hall–Kier alpha value is -2.41. The van der Waals surface area contributed by atoms with Crippen molar-refractivity contribution in [1.82, 2.24) is 10.2 Å². The van der Waals surface area contributed by atoms with Gasteiger partial charge in [0.1, 0.15) is 17.6 Å². The Kier molecular flexibility index (Phi) is 7.99. The Labute approximate surface area is 173 Å². The summed E-state index contributed by atoms with van der Waals surface area (Å²) in [5.74, 6) is -0.642. The summed E-state index contributed by atoms with van der Waals surface area (Å²) in [5.41, 5.74) is 1.47. The molecule has 2 aromatic rings. The van der Waals surface area contributed by atoms with Gasteiger partial charge in [-0.1, -0.05) is 31.2 Å². The van der Waals surface area contributed by atoms with Crippen molar-refractivity contribution in [2.75, 3.05) is 13.7 Å². The first-order valence-corrected chi connectivity index (χ1v) is 9.82. The number of nitrogens with zero attached hydrogens (tertiary/aromatic N) is 1. The highest BCUT2D eigenvalue weighted by molar-refractivity contribution is 9.10. The van der Waals surface area contributed by atoms with E-state index in [0.29, 0.717) is 11.3 Å². The molecule has 0 aliphatic carbocycles. The van der Waals surface area contributed by atoms with E-state index in [1.807, 2.05) is 19.1 Å². The zero-order valence-electron chi connectivity index (χ0n) is 16.2. The van der Waals surface area contributed by atoms with Crippen LogP contribution in [0.5, 0.6) is 5.75 Å². The average Bonchev–Trinajstić information content (AvgIpc) is 2.70. The molecule has 150 valence electrons. The number of halogens is 2. The van der Waals surface area contributed by atoms with Crippen LogP contribution in [-0.4, -0.2) is 36.4 Å². The number of ether oxygens (including phenoxy) is 1.